The molecule has 0 saturated carbocycles. The lowest BCUT2D eigenvalue weighted by molar-refractivity contribution is 0.0499. The van der Waals surface area contributed by atoms with Gasteiger partial charge in [-0.2, -0.15) is 0 Å². The van der Waals surface area contributed by atoms with Crippen molar-refractivity contribution in [3.05, 3.63) is 59.7 Å². The Hall–Kier alpha value is -2.76. The molecule has 1 fully saturated rings. The van der Waals surface area contributed by atoms with Crippen LogP contribution in [0.2, 0.25) is 0 Å². The number of carbonyl (C=O) groups is 2. The normalized spacial score (nSPS) is 17.4. The molecule has 3 rings (SSSR count). The summed E-state index contributed by atoms with van der Waals surface area (Å²) in [5.41, 5.74) is 1.08. The van der Waals surface area contributed by atoms with Crippen LogP contribution in [0.3, 0.4) is 0 Å². The molecular weight excluding hydrogens is 468 g/mol. The Morgan fingerprint density at radius 2 is 1.67 bits per heavy atom. The van der Waals surface area contributed by atoms with Gasteiger partial charge in [0.05, 0.1) is 28.6 Å². The van der Waals surface area contributed by atoms with Gasteiger partial charge in [-0.1, -0.05) is 13.3 Å². The van der Waals surface area contributed by atoms with Crippen LogP contribution in [0.15, 0.2) is 53.4 Å². The summed E-state index contributed by atoms with van der Waals surface area (Å²) in [4.78, 5) is 24.4. The first kappa shape index (κ1) is 24.9. The second-order valence-electron chi connectivity index (χ2n) is 7.77. The molecule has 1 saturated heterocycles. The number of esters is 1. The Labute approximate surface area is 193 Å². The fourth-order valence-electron chi connectivity index (χ4n) is 3.25. The molecule has 9 nitrogen and oxygen atoms in total. The molecule has 0 bridgehead atoms. The molecule has 1 unspecified atom stereocenters. The SMILES string of the molecule is CCCCOC(=O)c1ccc(NC(=O)c2ccc(S(=O)(=O)NC3CCS(=O)(=O)C3)cc2)cc1. The third kappa shape index (κ3) is 6.86. The summed E-state index contributed by atoms with van der Waals surface area (Å²) in [6.45, 7) is 2.36. The number of benzene rings is 2. The highest BCUT2D eigenvalue weighted by molar-refractivity contribution is 7.92. The molecule has 0 radical (unpaired) electrons. The van der Waals surface area contributed by atoms with Gasteiger partial charge in [-0.25, -0.2) is 26.4 Å². The van der Waals surface area contributed by atoms with E-state index in [1.165, 1.54) is 24.3 Å². The van der Waals surface area contributed by atoms with Crippen molar-refractivity contribution in [2.75, 3.05) is 23.4 Å². The number of hydrogen-bond donors (Lipinski definition) is 2. The Morgan fingerprint density at radius 3 is 2.24 bits per heavy atom. The van der Waals surface area contributed by atoms with Crippen molar-refractivity contribution in [2.45, 2.75) is 37.1 Å². The summed E-state index contributed by atoms with van der Waals surface area (Å²) in [6, 6.07) is 10.9. The molecule has 2 aromatic carbocycles. The van der Waals surface area contributed by atoms with E-state index < -0.39 is 37.8 Å². The van der Waals surface area contributed by atoms with Gasteiger partial charge in [-0.15, -0.1) is 0 Å². The zero-order chi connectivity index (χ0) is 24.1. The van der Waals surface area contributed by atoms with Gasteiger partial charge in [0.25, 0.3) is 5.91 Å². The fourth-order valence-corrected chi connectivity index (χ4v) is 6.30. The number of unbranched alkanes of at least 4 members (excludes halogenated alkanes) is 1. The highest BCUT2D eigenvalue weighted by atomic mass is 32.2. The van der Waals surface area contributed by atoms with Gasteiger partial charge in [0.2, 0.25) is 10.0 Å². The van der Waals surface area contributed by atoms with Gasteiger partial charge in [-0.05, 0) is 61.4 Å². The van der Waals surface area contributed by atoms with E-state index in [1.54, 1.807) is 24.3 Å². The summed E-state index contributed by atoms with van der Waals surface area (Å²) in [7, 11) is -7.12. The van der Waals surface area contributed by atoms with Gasteiger partial charge in [0.1, 0.15) is 0 Å². The number of hydrogen-bond acceptors (Lipinski definition) is 7. The van der Waals surface area contributed by atoms with Crippen LogP contribution in [0.4, 0.5) is 5.69 Å². The first-order chi connectivity index (χ1) is 15.6. The molecule has 0 aliphatic carbocycles. The van der Waals surface area contributed by atoms with Gasteiger partial charge < -0.3 is 10.1 Å². The van der Waals surface area contributed by atoms with Crippen molar-refractivity contribution < 1.29 is 31.2 Å². The van der Waals surface area contributed by atoms with Crippen LogP contribution >= 0.6 is 0 Å². The zero-order valence-electron chi connectivity index (χ0n) is 18.1. The van der Waals surface area contributed by atoms with Gasteiger partial charge >= 0.3 is 5.97 Å². The molecule has 1 atom stereocenters. The van der Waals surface area contributed by atoms with E-state index in [9.17, 15) is 26.4 Å². The number of sulfone groups is 1. The Bertz CT molecular complexity index is 1210. The van der Waals surface area contributed by atoms with E-state index in [1.807, 2.05) is 6.92 Å². The van der Waals surface area contributed by atoms with Crippen molar-refractivity contribution >= 4 is 37.4 Å². The van der Waals surface area contributed by atoms with Crippen molar-refractivity contribution in [2.24, 2.45) is 0 Å². The molecule has 2 N–H and O–H groups in total. The number of nitrogens with one attached hydrogen (secondary N) is 2. The second kappa shape index (κ2) is 10.4. The number of ether oxygens (including phenoxy) is 1. The van der Waals surface area contributed by atoms with Crippen LogP contribution in [0.5, 0.6) is 0 Å². The Kier molecular flexibility index (Phi) is 7.88. The molecule has 1 aliphatic heterocycles. The van der Waals surface area contributed by atoms with Gasteiger partial charge in [0.15, 0.2) is 9.84 Å². The minimum absolute atomic E-state index is 0.0414. The van der Waals surface area contributed by atoms with Crippen molar-refractivity contribution in [1.82, 2.24) is 4.72 Å². The summed E-state index contributed by atoms with van der Waals surface area (Å²) in [5, 5.41) is 2.68. The molecule has 0 spiro atoms. The van der Waals surface area contributed by atoms with Crippen LogP contribution in [-0.4, -0.2) is 52.9 Å². The minimum Gasteiger partial charge on any atom is -0.462 e. The first-order valence-corrected chi connectivity index (χ1v) is 13.8. The first-order valence-electron chi connectivity index (χ1n) is 10.5. The number of anilines is 1. The third-order valence-corrected chi connectivity index (χ3v) is 8.39. The van der Waals surface area contributed by atoms with Crippen LogP contribution in [-0.2, 0) is 24.6 Å². The predicted octanol–water partition coefficient (Wildman–Crippen LogP) is 2.36. The number of rotatable bonds is 9. The molecular formula is C22H26N2O7S2. The smallest absolute Gasteiger partial charge is 0.338 e. The van der Waals surface area contributed by atoms with Gasteiger partial charge in [0, 0.05) is 17.3 Å². The Balaban J connectivity index is 1.59. The van der Waals surface area contributed by atoms with E-state index in [2.05, 4.69) is 10.0 Å². The number of sulfonamides is 1. The average Bonchev–Trinajstić information content (AvgIpc) is 3.11. The largest absolute Gasteiger partial charge is 0.462 e. The highest BCUT2D eigenvalue weighted by Crippen LogP contribution is 2.17. The predicted molar refractivity (Wildman–Crippen MR) is 123 cm³/mol. The van der Waals surface area contributed by atoms with E-state index in [-0.39, 0.29) is 28.4 Å². The summed E-state index contributed by atoms with van der Waals surface area (Å²) < 4.78 is 55.6. The number of carbonyl (C=O) groups excluding carboxylic acids is 2. The molecule has 0 aromatic heterocycles. The average molecular weight is 495 g/mol. The maximum Gasteiger partial charge on any atom is 0.338 e. The van der Waals surface area contributed by atoms with Crippen LogP contribution in [0.1, 0.15) is 46.9 Å². The maximum absolute atomic E-state index is 12.5. The zero-order valence-corrected chi connectivity index (χ0v) is 19.7. The third-order valence-electron chi connectivity index (χ3n) is 5.09. The summed E-state index contributed by atoms with van der Waals surface area (Å²) in [5.74, 6) is -1.14. The molecule has 1 aliphatic rings. The van der Waals surface area contributed by atoms with E-state index in [0.717, 1.165) is 12.8 Å². The van der Waals surface area contributed by atoms with Crippen LogP contribution in [0.25, 0.3) is 0 Å². The van der Waals surface area contributed by atoms with Crippen LogP contribution < -0.4 is 10.0 Å². The summed E-state index contributed by atoms with van der Waals surface area (Å²) >= 11 is 0. The molecule has 178 valence electrons. The molecule has 33 heavy (non-hydrogen) atoms. The number of amides is 1. The monoisotopic (exact) mass is 494 g/mol. The highest BCUT2D eigenvalue weighted by Gasteiger charge is 2.31. The quantitative estimate of drug-likeness (QED) is 0.403. The minimum atomic E-state index is -3.91. The standard InChI is InChI=1S/C22H26N2O7S2/c1-2-3-13-31-22(26)17-4-8-18(9-5-17)23-21(25)16-6-10-20(11-7-16)33(29,30)24-19-12-14-32(27,28)15-19/h4-11,19,24H,2-3,12-15H2,1H3,(H,23,25). The van der Waals surface area contributed by atoms with Crippen molar-refractivity contribution in [3.8, 4) is 0 Å². The molecule has 11 heteroatoms. The maximum atomic E-state index is 12.5. The topological polar surface area (TPSA) is 136 Å². The van der Waals surface area contributed by atoms with Crippen molar-refractivity contribution in [1.29, 1.82) is 0 Å². The lowest BCUT2D eigenvalue weighted by atomic mass is 10.2. The van der Waals surface area contributed by atoms with E-state index >= 15 is 0 Å². The Morgan fingerprint density at radius 1 is 1.03 bits per heavy atom. The molecule has 1 amide bonds. The molecule has 1 heterocycles. The van der Waals surface area contributed by atoms with E-state index in [4.69, 9.17) is 4.74 Å². The van der Waals surface area contributed by atoms with Gasteiger partial charge in [-0.3, -0.25) is 4.79 Å². The lowest BCUT2D eigenvalue weighted by Gasteiger charge is -2.12. The van der Waals surface area contributed by atoms with Crippen molar-refractivity contribution in [3.63, 3.8) is 0 Å². The fraction of sp³-hybridized carbons (Fsp3) is 0.364. The van der Waals surface area contributed by atoms with E-state index in [0.29, 0.717) is 17.9 Å². The lowest BCUT2D eigenvalue weighted by Crippen LogP contribution is -2.35. The van der Waals surface area contributed by atoms with Crippen LogP contribution in [0, 0.1) is 0 Å². The second-order valence-corrected chi connectivity index (χ2v) is 11.7. The summed E-state index contributed by atoms with van der Waals surface area (Å²) in [6.07, 6.45) is 1.95. The molecule has 2 aromatic rings.